The molecule has 7 nitrogen and oxygen atoms in total. The van der Waals surface area contributed by atoms with Gasteiger partial charge in [0.2, 0.25) is 12.7 Å². The van der Waals surface area contributed by atoms with Crippen LogP contribution >= 0.6 is 0 Å². The van der Waals surface area contributed by atoms with Gasteiger partial charge in [0.1, 0.15) is 0 Å². The zero-order valence-corrected chi connectivity index (χ0v) is 15.6. The Bertz CT molecular complexity index is 1130. The van der Waals surface area contributed by atoms with Crippen LogP contribution in [0.5, 0.6) is 11.5 Å². The van der Waals surface area contributed by atoms with Gasteiger partial charge in [0, 0.05) is 6.08 Å². The van der Waals surface area contributed by atoms with E-state index in [1.54, 1.807) is 0 Å². The number of fused-ring (bicyclic) bond motifs is 2. The van der Waals surface area contributed by atoms with E-state index in [-0.39, 0.29) is 30.0 Å². The van der Waals surface area contributed by atoms with Crippen molar-refractivity contribution in [1.29, 1.82) is 0 Å². The second-order valence-electron chi connectivity index (χ2n) is 6.65. The van der Waals surface area contributed by atoms with Gasteiger partial charge in [0.15, 0.2) is 11.5 Å². The van der Waals surface area contributed by atoms with Crippen LogP contribution in [0.3, 0.4) is 0 Å². The van der Waals surface area contributed by atoms with Crippen molar-refractivity contribution in [3.63, 3.8) is 0 Å². The number of rotatable bonds is 5. The van der Waals surface area contributed by atoms with Crippen molar-refractivity contribution >= 4 is 28.4 Å². The van der Waals surface area contributed by atoms with Crippen LogP contribution in [0.25, 0.3) is 16.8 Å². The van der Waals surface area contributed by atoms with Crippen LogP contribution in [0.1, 0.15) is 24.1 Å². The fraction of sp³-hybridized carbons (Fsp3) is 0.136. The Morgan fingerprint density at radius 3 is 2.66 bits per heavy atom. The molecule has 1 atom stereocenters. The van der Waals surface area contributed by atoms with Gasteiger partial charge in [-0.1, -0.05) is 42.5 Å². The molecule has 1 aliphatic rings. The molecule has 3 aromatic carbocycles. The lowest BCUT2D eigenvalue weighted by Crippen LogP contribution is -2.24. The van der Waals surface area contributed by atoms with Gasteiger partial charge in [-0.25, -0.2) is 0 Å². The van der Waals surface area contributed by atoms with E-state index in [2.05, 4.69) is 5.32 Å². The van der Waals surface area contributed by atoms with Gasteiger partial charge in [-0.15, -0.1) is 0 Å². The summed E-state index contributed by atoms with van der Waals surface area (Å²) in [4.78, 5) is 23.2. The van der Waals surface area contributed by atoms with Crippen LogP contribution in [-0.2, 0) is 4.79 Å². The molecule has 1 heterocycles. The van der Waals surface area contributed by atoms with E-state index in [1.165, 1.54) is 24.3 Å². The first-order chi connectivity index (χ1) is 14.0. The van der Waals surface area contributed by atoms with Crippen molar-refractivity contribution in [2.24, 2.45) is 0 Å². The number of hydrogen-bond donors (Lipinski definition) is 1. The average Bonchev–Trinajstić information content (AvgIpc) is 3.18. The highest BCUT2D eigenvalue weighted by Crippen LogP contribution is 2.38. The molecule has 0 saturated carbocycles. The quantitative estimate of drug-likeness (QED) is 0.397. The highest BCUT2D eigenvalue weighted by atomic mass is 16.7. The molecule has 0 bridgehead atoms. The topological polar surface area (TPSA) is 90.7 Å². The SMILES string of the molecule is CC(NC(=O)/C=C/c1cc2c(cc1[N+](=O)[O-])OCO2)c1cccc2ccccc12. The summed E-state index contributed by atoms with van der Waals surface area (Å²) in [7, 11) is 0. The predicted octanol–water partition coefficient (Wildman–Crippen LogP) is 4.37. The summed E-state index contributed by atoms with van der Waals surface area (Å²) in [6.45, 7) is 1.92. The zero-order valence-electron chi connectivity index (χ0n) is 15.6. The van der Waals surface area contributed by atoms with Crippen molar-refractivity contribution in [2.75, 3.05) is 6.79 Å². The lowest BCUT2D eigenvalue weighted by Gasteiger charge is -2.15. The highest BCUT2D eigenvalue weighted by Gasteiger charge is 2.22. The molecule has 7 heteroatoms. The first-order valence-electron chi connectivity index (χ1n) is 9.07. The largest absolute Gasteiger partial charge is 0.454 e. The van der Waals surface area contributed by atoms with Crippen molar-refractivity contribution in [1.82, 2.24) is 5.32 Å². The molecule has 146 valence electrons. The molecule has 0 aliphatic carbocycles. The van der Waals surface area contributed by atoms with Crippen molar-refractivity contribution < 1.29 is 19.2 Å². The Balaban J connectivity index is 1.54. The zero-order chi connectivity index (χ0) is 20.4. The third-order valence-electron chi connectivity index (χ3n) is 4.78. The predicted molar refractivity (Wildman–Crippen MR) is 109 cm³/mol. The number of ether oxygens (including phenoxy) is 2. The maximum absolute atomic E-state index is 12.4. The number of nitrogens with zero attached hydrogens (tertiary/aromatic N) is 1. The maximum Gasteiger partial charge on any atom is 0.280 e. The summed E-state index contributed by atoms with van der Waals surface area (Å²) in [6.07, 6.45) is 2.69. The van der Waals surface area contributed by atoms with Crippen molar-refractivity contribution in [2.45, 2.75) is 13.0 Å². The number of nitro benzene ring substituents is 1. The van der Waals surface area contributed by atoms with Gasteiger partial charge in [-0.2, -0.15) is 0 Å². The van der Waals surface area contributed by atoms with E-state index in [9.17, 15) is 14.9 Å². The molecule has 1 N–H and O–H groups in total. The second-order valence-corrected chi connectivity index (χ2v) is 6.65. The summed E-state index contributed by atoms with van der Waals surface area (Å²) in [6, 6.07) is 16.5. The van der Waals surface area contributed by atoms with Crippen LogP contribution in [0.2, 0.25) is 0 Å². The summed E-state index contributed by atoms with van der Waals surface area (Å²) < 4.78 is 10.4. The third-order valence-corrected chi connectivity index (χ3v) is 4.78. The molecule has 1 unspecified atom stereocenters. The molecule has 4 rings (SSSR count). The van der Waals surface area contributed by atoms with Gasteiger partial charge in [-0.3, -0.25) is 14.9 Å². The van der Waals surface area contributed by atoms with Crippen LogP contribution in [-0.4, -0.2) is 17.6 Å². The first-order valence-corrected chi connectivity index (χ1v) is 9.07. The molecule has 1 aliphatic heterocycles. The van der Waals surface area contributed by atoms with E-state index in [4.69, 9.17) is 9.47 Å². The maximum atomic E-state index is 12.4. The molecule has 0 saturated heterocycles. The summed E-state index contributed by atoms with van der Waals surface area (Å²) in [5, 5.41) is 16.4. The van der Waals surface area contributed by atoms with Crippen LogP contribution in [0, 0.1) is 10.1 Å². The Kier molecular flexibility index (Phi) is 4.87. The first kappa shape index (κ1) is 18.5. The number of amides is 1. The van der Waals surface area contributed by atoms with E-state index in [0.717, 1.165) is 16.3 Å². The van der Waals surface area contributed by atoms with Gasteiger partial charge in [0.05, 0.1) is 22.6 Å². The Morgan fingerprint density at radius 2 is 1.86 bits per heavy atom. The minimum Gasteiger partial charge on any atom is -0.454 e. The Morgan fingerprint density at radius 1 is 1.14 bits per heavy atom. The van der Waals surface area contributed by atoms with Crippen molar-refractivity contribution in [3.8, 4) is 11.5 Å². The molecule has 3 aromatic rings. The van der Waals surface area contributed by atoms with Gasteiger partial charge in [0.25, 0.3) is 5.69 Å². The van der Waals surface area contributed by atoms with Crippen LogP contribution in [0.4, 0.5) is 5.69 Å². The standard InChI is InChI=1S/C22H18N2O5/c1-14(17-8-4-6-15-5-2-3-7-18(15)17)23-22(25)10-9-16-11-20-21(29-13-28-20)12-19(16)24(26)27/h2-12,14H,13H2,1H3,(H,23,25)/b10-9+. The second kappa shape index (κ2) is 7.63. The average molecular weight is 390 g/mol. The molecule has 0 fully saturated rings. The number of hydrogen-bond acceptors (Lipinski definition) is 5. The fourth-order valence-corrected chi connectivity index (χ4v) is 3.37. The van der Waals surface area contributed by atoms with Crippen LogP contribution in [0.15, 0.2) is 60.7 Å². The summed E-state index contributed by atoms with van der Waals surface area (Å²) in [5.41, 5.74) is 1.12. The van der Waals surface area contributed by atoms with E-state index < -0.39 is 4.92 Å². The van der Waals surface area contributed by atoms with Crippen molar-refractivity contribution in [3.05, 3.63) is 81.9 Å². The number of carbonyl (C=O) groups is 1. The molecule has 0 radical (unpaired) electrons. The van der Waals surface area contributed by atoms with Gasteiger partial charge >= 0.3 is 0 Å². The summed E-state index contributed by atoms with van der Waals surface area (Å²) in [5.74, 6) is 0.389. The number of benzene rings is 3. The summed E-state index contributed by atoms with van der Waals surface area (Å²) >= 11 is 0. The Hall–Kier alpha value is -3.87. The lowest BCUT2D eigenvalue weighted by atomic mass is 10.00. The molecule has 0 spiro atoms. The van der Waals surface area contributed by atoms with E-state index >= 15 is 0 Å². The minimum atomic E-state index is -0.516. The van der Waals surface area contributed by atoms with Gasteiger partial charge < -0.3 is 14.8 Å². The number of nitrogens with one attached hydrogen (secondary N) is 1. The van der Waals surface area contributed by atoms with E-state index in [1.807, 2.05) is 49.4 Å². The molecular formula is C22H18N2O5. The van der Waals surface area contributed by atoms with Crippen LogP contribution < -0.4 is 14.8 Å². The fourth-order valence-electron chi connectivity index (χ4n) is 3.37. The Labute approximate surface area is 166 Å². The monoisotopic (exact) mass is 390 g/mol. The lowest BCUT2D eigenvalue weighted by molar-refractivity contribution is -0.385. The normalized spacial score (nSPS) is 13.6. The number of carbonyl (C=O) groups excluding carboxylic acids is 1. The molecule has 1 amide bonds. The molecule has 29 heavy (non-hydrogen) atoms. The highest BCUT2D eigenvalue weighted by molar-refractivity contribution is 5.93. The van der Waals surface area contributed by atoms with E-state index in [0.29, 0.717) is 11.5 Å². The molecule has 0 aromatic heterocycles. The molecular weight excluding hydrogens is 372 g/mol. The number of nitro groups is 1. The van der Waals surface area contributed by atoms with Gasteiger partial charge in [-0.05, 0) is 35.4 Å². The minimum absolute atomic E-state index is 0.0166. The third kappa shape index (κ3) is 3.75. The smallest absolute Gasteiger partial charge is 0.280 e.